The zero-order chi connectivity index (χ0) is 15.4. The molecule has 1 amide bonds. The summed E-state index contributed by atoms with van der Waals surface area (Å²) in [5.74, 6) is 0.530. The monoisotopic (exact) mass is 299 g/mol. The molecule has 0 saturated heterocycles. The Kier molecular flexibility index (Phi) is 2.96. The highest BCUT2D eigenvalue weighted by Gasteiger charge is 2.74. The molecular formula is C19H25NO2. The molecule has 22 heavy (non-hydrogen) atoms. The number of primary amides is 1. The van der Waals surface area contributed by atoms with Gasteiger partial charge in [0.2, 0.25) is 5.91 Å². The van der Waals surface area contributed by atoms with Crippen molar-refractivity contribution in [2.24, 2.45) is 22.5 Å². The van der Waals surface area contributed by atoms with Crippen molar-refractivity contribution in [2.75, 3.05) is 13.2 Å². The van der Waals surface area contributed by atoms with Gasteiger partial charge in [0, 0.05) is 12.0 Å². The standard InChI is InChI=1S/C19H25NO2/c1-2-22-13-18-9-14-8-17(11-18,15-6-4-3-5-7-15)12-19(18,10-14)16(20)21/h3-7,14H,2,8-13H2,1H3,(H2,20,21). The van der Waals surface area contributed by atoms with Crippen molar-refractivity contribution in [3.8, 4) is 0 Å². The Morgan fingerprint density at radius 3 is 2.68 bits per heavy atom. The summed E-state index contributed by atoms with van der Waals surface area (Å²) in [6, 6.07) is 10.8. The summed E-state index contributed by atoms with van der Waals surface area (Å²) in [4.78, 5) is 12.5. The Bertz CT molecular complexity index is 601. The molecule has 0 heterocycles. The first-order valence-electron chi connectivity index (χ1n) is 8.49. The van der Waals surface area contributed by atoms with Crippen LogP contribution in [0.15, 0.2) is 30.3 Å². The van der Waals surface area contributed by atoms with E-state index in [4.69, 9.17) is 10.5 Å². The van der Waals surface area contributed by atoms with E-state index in [9.17, 15) is 4.79 Å². The first kappa shape index (κ1) is 14.3. The fourth-order valence-electron chi connectivity index (χ4n) is 6.27. The maximum Gasteiger partial charge on any atom is 0.224 e. The lowest BCUT2D eigenvalue weighted by molar-refractivity contribution is -0.135. The molecule has 3 heteroatoms. The lowest BCUT2D eigenvalue weighted by atomic mass is 9.63. The maximum absolute atomic E-state index is 12.5. The van der Waals surface area contributed by atoms with Crippen LogP contribution in [0, 0.1) is 16.7 Å². The highest BCUT2D eigenvalue weighted by atomic mass is 16.5. The molecule has 4 aliphatic carbocycles. The van der Waals surface area contributed by atoms with Crippen LogP contribution in [0.1, 0.15) is 44.6 Å². The number of hydrogen-bond donors (Lipinski definition) is 1. The summed E-state index contributed by atoms with van der Waals surface area (Å²) >= 11 is 0. The number of amides is 1. The summed E-state index contributed by atoms with van der Waals surface area (Å²) in [6.45, 7) is 3.43. The molecule has 1 aromatic rings. The van der Waals surface area contributed by atoms with E-state index in [1.807, 2.05) is 6.92 Å². The fourth-order valence-corrected chi connectivity index (χ4v) is 6.27. The van der Waals surface area contributed by atoms with E-state index in [-0.39, 0.29) is 22.2 Å². The second kappa shape index (κ2) is 4.58. The van der Waals surface area contributed by atoms with Crippen LogP contribution in [-0.4, -0.2) is 19.1 Å². The normalized spacial score (nSPS) is 42.0. The minimum atomic E-state index is -0.346. The molecule has 4 fully saturated rings. The predicted molar refractivity (Wildman–Crippen MR) is 85.2 cm³/mol. The van der Waals surface area contributed by atoms with Gasteiger partial charge in [-0.25, -0.2) is 0 Å². The Hall–Kier alpha value is -1.35. The van der Waals surface area contributed by atoms with Crippen molar-refractivity contribution in [1.82, 2.24) is 0 Å². The molecule has 0 aliphatic heterocycles. The van der Waals surface area contributed by atoms with Crippen LogP contribution < -0.4 is 5.73 Å². The van der Waals surface area contributed by atoms with Crippen LogP contribution in [0.4, 0.5) is 0 Å². The van der Waals surface area contributed by atoms with Crippen LogP contribution in [0.25, 0.3) is 0 Å². The number of carbonyl (C=O) groups excluding carboxylic acids is 1. The van der Waals surface area contributed by atoms with E-state index in [0.29, 0.717) is 19.1 Å². The minimum Gasteiger partial charge on any atom is -0.381 e. The van der Waals surface area contributed by atoms with Gasteiger partial charge < -0.3 is 10.5 Å². The molecule has 0 radical (unpaired) electrons. The van der Waals surface area contributed by atoms with Crippen molar-refractivity contribution in [3.05, 3.63) is 35.9 Å². The summed E-state index contributed by atoms with van der Waals surface area (Å²) in [5.41, 5.74) is 7.10. The molecule has 4 saturated carbocycles. The minimum absolute atomic E-state index is 0.0341. The Morgan fingerprint density at radius 2 is 2.00 bits per heavy atom. The molecule has 4 aliphatic rings. The van der Waals surface area contributed by atoms with Gasteiger partial charge in [-0.2, -0.15) is 0 Å². The largest absolute Gasteiger partial charge is 0.381 e. The molecule has 4 unspecified atom stereocenters. The summed E-state index contributed by atoms with van der Waals surface area (Å²) < 4.78 is 5.84. The lowest BCUT2D eigenvalue weighted by Crippen LogP contribution is -2.46. The van der Waals surface area contributed by atoms with E-state index >= 15 is 0 Å². The second-order valence-corrected chi connectivity index (χ2v) is 7.84. The van der Waals surface area contributed by atoms with Crippen molar-refractivity contribution in [1.29, 1.82) is 0 Å². The van der Waals surface area contributed by atoms with Crippen LogP contribution in [-0.2, 0) is 14.9 Å². The topological polar surface area (TPSA) is 52.3 Å². The molecule has 118 valence electrons. The van der Waals surface area contributed by atoms with Crippen molar-refractivity contribution < 1.29 is 9.53 Å². The van der Waals surface area contributed by atoms with Crippen LogP contribution >= 0.6 is 0 Å². The fraction of sp³-hybridized carbons (Fsp3) is 0.632. The highest BCUT2D eigenvalue weighted by Crippen LogP contribution is 2.76. The average molecular weight is 299 g/mol. The van der Waals surface area contributed by atoms with Crippen LogP contribution in [0.2, 0.25) is 0 Å². The molecule has 4 bridgehead atoms. The maximum atomic E-state index is 12.5. The zero-order valence-electron chi connectivity index (χ0n) is 13.3. The van der Waals surface area contributed by atoms with E-state index in [0.717, 1.165) is 25.7 Å². The van der Waals surface area contributed by atoms with E-state index < -0.39 is 0 Å². The number of hydrogen-bond acceptors (Lipinski definition) is 2. The molecule has 3 nitrogen and oxygen atoms in total. The van der Waals surface area contributed by atoms with Gasteiger partial charge in [-0.1, -0.05) is 30.3 Å². The average Bonchev–Trinajstić information content (AvgIpc) is 2.87. The number of rotatable bonds is 5. The van der Waals surface area contributed by atoms with Gasteiger partial charge in [0.25, 0.3) is 0 Å². The highest BCUT2D eigenvalue weighted by molar-refractivity contribution is 5.84. The van der Waals surface area contributed by atoms with Gasteiger partial charge in [0.15, 0.2) is 0 Å². The van der Waals surface area contributed by atoms with Gasteiger partial charge >= 0.3 is 0 Å². The Balaban J connectivity index is 1.80. The number of carbonyl (C=O) groups is 1. The first-order valence-corrected chi connectivity index (χ1v) is 8.49. The van der Waals surface area contributed by atoms with Gasteiger partial charge in [-0.05, 0) is 55.9 Å². The lowest BCUT2D eigenvalue weighted by Gasteiger charge is -2.41. The molecule has 0 spiro atoms. The van der Waals surface area contributed by atoms with Gasteiger partial charge in [0.05, 0.1) is 12.0 Å². The predicted octanol–water partition coefficient (Wildman–Crippen LogP) is 3.03. The number of nitrogens with two attached hydrogens (primary N) is 1. The summed E-state index contributed by atoms with van der Waals surface area (Å²) in [6.07, 6.45) is 5.28. The van der Waals surface area contributed by atoms with Crippen LogP contribution in [0.5, 0.6) is 0 Å². The number of ether oxygens (including phenoxy) is 1. The number of benzene rings is 1. The third-order valence-electron chi connectivity index (χ3n) is 6.77. The summed E-state index contributed by atoms with van der Waals surface area (Å²) in [5, 5.41) is 0. The Morgan fingerprint density at radius 1 is 1.23 bits per heavy atom. The summed E-state index contributed by atoms with van der Waals surface area (Å²) in [7, 11) is 0. The van der Waals surface area contributed by atoms with Gasteiger partial charge in [0.1, 0.15) is 0 Å². The third-order valence-corrected chi connectivity index (χ3v) is 6.77. The van der Waals surface area contributed by atoms with Crippen molar-refractivity contribution >= 4 is 5.91 Å². The zero-order valence-corrected chi connectivity index (χ0v) is 13.3. The molecule has 0 aromatic heterocycles. The molecule has 1 aromatic carbocycles. The quantitative estimate of drug-likeness (QED) is 0.908. The van der Waals surface area contributed by atoms with Crippen LogP contribution in [0.3, 0.4) is 0 Å². The second-order valence-electron chi connectivity index (χ2n) is 7.84. The smallest absolute Gasteiger partial charge is 0.224 e. The molecule has 2 N–H and O–H groups in total. The van der Waals surface area contributed by atoms with E-state index in [2.05, 4.69) is 30.3 Å². The SMILES string of the molecule is CCOCC12CC3CC(c4ccccc4)(C1)CC2(C(N)=O)C3. The van der Waals surface area contributed by atoms with Gasteiger partial charge in [-0.3, -0.25) is 4.79 Å². The van der Waals surface area contributed by atoms with E-state index in [1.165, 1.54) is 12.0 Å². The van der Waals surface area contributed by atoms with E-state index in [1.54, 1.807) is 0 Å². The molecule has 5 rings (SSSR count). The first-order chi connectivity index (χ1) is 10.6. The Labute approximate surface area is 132 Å². The van der Waals surface area contributed by atoms with Gasteiger partial charge in [-0.15, -0.1) is 0 Å². The van der Waals surface area contributed by atoms with Crippen molar-refractivity contribution in [3.63, 3.8) is 0 Å². The third kappa shape index (κ3) is 1.63. The molecule has 4 atom stereocenters. The molecular weight excluding hydrogens is 274 g/mol. The van der Waals surface area contributed by atoms with Crippen molar-refractivity contribution in [2.45, 2.75) is 44.4 Å².